The smallest absolute Gasteiger partial charge is 0.464 e. The maximum Gasteiger partial charge on any atom is 0.471 e. The van der Waals surface area contributed by atoms with Crippen molar-refractivity contribution in [3.8, 4) is 11.4 Å². The van der Waals surface area contributed by atoms with Crippen LogP contribution in [0.3, 0.4) is 0 Å². The van der Waals surface area contributed by atoms with Crippen molar-refractivity contribution in [1.29, 1.82) is 0 Å². The largest absolute Gasteiger partial charge is 0.471 e. The van der Waals surface area contributed by atoms with E-state index in [9.17, 15) is 31.5 Å². The van der Waals surface area contributed by atoms with E-state index in [-0.39, 0.29) is 12.3 Å². The molecule has 0 radical (unpaired) electrons. The number of hydrogen-bond acceptors (Lipinski definition) is 8. The van der Waals surface area contributed by atoms with E-state index in [1.807, 2.05) is 5.32 Å². The molecule has 0 aliphatic heterocycles. The number of amides is 1. The number of nitrogens with one attached hydrogen (secondary N) is 1. The molecule has 9 nitrogen and oxygen atoms in total. The Morgan fingerprint density at radius 1 is 1.16 bits per heavy atom. The van der Waals surface area contributed by atoms with E-state index < -0.39 is 52.8 Å². The minimum Gasteiger partial charge on any atom is -0.464 e. The lowest BCUT2D eigenvalue weighted by atomic mass is 10.1. The lowest BCUT2D eigenvalue weighted by molar-refractivity contribution is -0.159. The number of anilines is 1. The first-order valence-corrected chi connectivity index (χ1v) is 8.46. The second-order valence-corrected chi connectivity index (χ2v) is 5.98. The summed E-state index contributed by atoms with van der Waals surface area (Å²) in [5.74, 6) is -5.70. The van der Waals surface area contributed by atoms with E-state index in [1.165, 1.54) is 25.4 Å². The minimum absolute atomic E-state index is 0.0221. The van der Waals surface area contributed by atoms with Crippen LogP contribution < -0.4 is 5.32 Å². The van der Waals surface area contributed by atoms with Crippen molar-refractivity contribution in [3.63, 3.8) is 0 Å². The first-order chi connectivity index (χ1) is 15.1. The summed E-state index contributed by atoms with van der Waals surface area (Å²) in [6.45, 7) is -0.343. The molecule has 0 spiro atoms. The predicted molar refractivity (Wildman–Crippen MR) is 94.0 cm³/mol. The van der Waals surface area contributed by atoms with E-state index in [1.54, 1.807) is 0 Å². The van der Waals surface area contributed by atoms with Gasteiger partial charge in [-0.1, -0.05) is 11.2 Å². The molecular formula is C18H11F5N4O5. The Morgan fingerprint density at radius 2 is 1.84 bits per heavy atom. The van der Waals surface area contributed by atoms with Crippen LogP contribution in [0.1, 0.15) is 21.9 Å². The van der Waals surface area contributed by atoms with Gasteiger partial charge in [-0.25, -0.2) is 23.4 Å². The Balaban J connectivity index is 1.66. The number of rotatable bonds is 5. The lowest BCUT2D eigenvalue weighted by Gasteiger charge is -2.10. The van der Waals surface area contributed by atoms with Crippen LogP contribution in [-0.4, -0.2) is 34.3 Å². The molecule has 3 rings (SSSR count). The average molecular weight is 458 g/mol. The summed E-state index contributed by atoms with van der Waals surface area (Å²) < 4.78 is 79.4. The van der Waals surface area contributed by atoms with Gasteiger partial charge in [0.25, 0.3) is 0 Å². The standard InChI is InChI=1S/C18H11F5N4O5/c1-30-15(28)12-3-2-8(6-24-12)7-31-17(29)25-13-10(19)4-9(5-11(13)20)14-26-16(32-27-14)18(21,22)23/h2-6H,7H2,1H3,(H,25,29). The molecule has 0 aliphatic carbocycles. The topological polar surface area (TPSA) is 116 Å². The zero-order valence-electron chi connectivity index (χ0n) is 15.9. The van der Waals surface area contributed by atoms with Gasteiger partial charge in [-0.2, -0.15) is 18.2 Å². The lowest BCUT2D eigenvalue weighted by Crippen LogP contribution is -2.16. The monoisotopic (exact) mass is 458 g/mol. The van der Waals surface area contributed by atoms with Crippen molar-refractivity contribution in [1.82, 2.24) is 15.1 Å². The van der Waals surface area contributed by atoms with Crippen LogP contribution in [0.2, 0.25) is 0 Å². The maximum atomic E-state index is 14.2. The van der Waals surface area contributed by atoms with Gasteiger partial charge >= 0.3 is 24.1 Å². The molecule has 1 amide bonds. The number of halogens is 5. The van der Waals surface area contributed by atoms with Crippen molar-refractivity contribution < 1.29 is 45.5 Å². The predicted octanol–water partition coefficient (Wildman–Crippen LogP) is 3.96. The van der Waals surface area contributed by atoms with Crippen LogP contribution in [0.15, 0.2) is 35.0 Å². The first kappa shape index (κ1) is 22.6. The summed E-state index contributed by atoms with van der Waals surface area (Å²) in [7, 11) is 1.18. The van der Waals surface area contributed by atoms with E-state index in [2.05, 4.69) is 24.4 Å². The van der Waals surface area contributed by atoms with Crippen molar-refractivity contribution >= 4 is 17.7 Å². The first-order valence-electron chi connectivity index (χ1n) is 8.46. The molecule has 1 N–H and O–H groups in total. The summed E-state index contributed by atoms with van der Waals surface area (Å²) in [6, 6.07) is 3.96. The van der Waals surface area contributed by atoms with Crippen molar-refractivity contribution in [2.75, 3.05) is 12.4 Å². The highest BCUT2D eigenvalue weighted by Gasteiger charge is 2.38. The van der Waals surface area contributed by atoms with Crippen LogP contribution in [0.5, 0.6) is 0 Å². The van der Waals surface area contributed by atoms with Gasteiger partial charge < -0.3 is 14.0 Å². The highest BCUT2D eigenvalue weighted by Crippen LogP contribution is 2.31. The summed E-state index contributed by atoms with van der Waals surface area (Å²) >= 11 is 0. The molecule has 2 aromatic heterocycles. The third-order valence-corrected chi connectivity index (χ3v) is 3.79. The van der Waals surface area contributed by atoms with Gasteiger partial charge in [-0.3, -0.25) is 5.32 Å². The molecule has 0 atom stereocenters. The summed E-state index contributed by atoms with van der Waals surface area (Å²) in [6.07, 6.45) is -4.93. The maximum absolute atomic E-state index is 14.2. The number of benzene rings is 1. The molecule has 14 heteroatoms. The third kappa shape index (κ3) is 5.14. The summed E-state index contributed by atoms with van der Waals surface area (Å²) in [4.78, 5) is 30.0. The Kier molecular flexibility index (Phi) is 6.32. The number of pyridine rings is 1. The second kappa shape index (κ2) is 8.95. The van der Waals surface area contributed by atoms with E-state index in [0.29, 0.717) is 17.7 Å². The van der Waals surface area contributed by atoms with E-state index >= 15 is 0 Å². The number of methoxy groups -OCH3 is 1. The Hall–Kier alpha value is -4.10. The van der Waals surface area contributed by atoms with Crippen LogP contribution in [0.4, 0.5) is 32.4 Å². The van der Waals surface area contributed by atoms with Crippen molar-refractivity contribution in [2.24, 2.45) is 0 Å². The Bertz CT molecular complexity index is 1120. The van der Waals surface area contributed by atoms with Gasteiger partial charge in [0.1, 0.15) is 18.0 Å². The zero-order valence-corrected chi connectivity index (χ0v) is 15.9. The quantitative estimate of drug-likeness (QED) is 0.451. The molecule has 2 heterocycles. The SMILES string of the molecule is COC(=O)c1ccc(COC(=O)Nc2c(F)cc(-c3noc(C(F)(F)F)n3)cc2F)cn1. The summed E-state index contributed by atoms with van der Waals surface area (Å²) in [5.41, 5.74) is -0.969. The van der Waals surface area contributed by atoms with Gasteiger partial charge in [0.15, 0.2) is 11.6 Å². The highest BCUT2D eigenvalue weighted by atomic mass is 19.4. The molecule has 0 aliphatic rings. The number of carbonyl (C=O) groups is 2. The van der Waals surface area contributed by atoms with Crippen LogP contribution >= 0.6 is 0 Å². The van der Waals surface area contributed by atoms with Gasteiger partial charge in [0, 0.05) is 17.3 Å². The average Bonchev–Trinajstić information content (AvgIpc) is 3.25. The number of ether oxygens (including phenoxy) is 2. The van der Waals surface area contributed by atoms with Gasteiger partial charge in [-0.05, 0) is 18.2 Å². The number of aromatic nitrogens is 3. The van der Waals surface area contributed by atoms with Gasteiger partial charge in [0.05, 0.1) is 7.11 Å². The number of hydrogen-bond donors (Lipinski definition) is 1. The molecule has 0 unspecified atom stereocenters. The third-order valence-electron chi connectivity index (χ3n) is 3.79. The van der Waals surface area contributed by atoms with Crippen LogP contribution in [0.25, 0.3) is 11.4 Å². The van der Waals surface area contributed by atoms with Gasteiger partial charge in [0.2, 0.25) is 5.82 Å². The number of nitrogens with zero attached hydrogens (tertiary/aromatic N) is 3. The Labute approximate surface area is 175 Å². The molecule has 1 aromatic carbocycles. The van der Waals surface area contributed by atoms with Crippen molar-refractivity contribution in [2.45, 2.75) is 12.8 Å². The second-order valence-electron chi connectivity index (χ2n) is 5.98. The molecule has 0 saturated carbocycles. The summed E-state index contributed by atoms with van der Waals surface area (Å²) in [5, 5.41) is 4.87. The fourth-order valence-corrected chi connectivity index (χ4v) is 2.30. The number of esters is 1. The van der Waals surface area contributed by atoms with Crippen LogP contribution in [-0.2, 0) is 22.3 Å². The Morgan fingerprint density at radius 3 is 2.38 bits per heavy atom. The molecular weight excluding hydrogens is 447 g/mol. The molecule has 0 fully saturated rings. The minimum atomic E-state index is -4.93. The highest BCUT2D eigenvalue weighted by molar-refractivity contribution is 5.87. The molecule has 0 bridgehead atoms. The fourth-order valence-electron chi connectivity index (χ4n) is 2.30. The molecule has 0 saturated heterocycles. The zero-order chi connectivity index (χ0) is 23.5. The van der Waals surface area contributed by atoms with E-state index in [4.69, 9.17) is 4.74 Å². The molecule has 168 valence electrons. The van der Waals surface area contributed by atoms with Crippen molar-refractivity contribution in [3.05, 3.63) is 59.2 Å². The number of carbonyl (C=O) groups excluding carboxylic acids is 2. The normalized spacial score (nSPS) is 11.2. The number of alkyl halides is 3. The van der Waals surface area contributed by atoms with Crippen LogP contribution in [0, 0.1) is 11.6 Å². The molecule has 3 aromatic rings. The molecule has 32 heavy (non-hydrogen) atoms. The fraction of sp³-hybridized carbons (Fsp3) is 0.167. The van der Waals surface area contributed by atoms with Gasteiger partial charge in [-0.15, -0.1) is 0 Å². The van der Waals surface area contributed by atoms with E-state index in [0.717, 1.165) is 0 Å².